The molecule has 0 aromatic heterocycles. The van der Waals surface area contributed by atoms with Crippen LogP contribution in [-0.2, 0) is 14.4 Å². The first-order valence-corrected chi connectivity index (χ1v) is 16.3. The van der Waals surface area contributed by atoms with Crippen LogP contribution in [0.2, 0.25) is 0 Å². The topological polar surface area (TPSA) is 120 Å². The van der Waals surface area contributed by atoms with E-state index in [9.17, 15) is 19.2 Å². The summed E-state index contributed by atoms with van der Waals surface area (Å²) < 4.78 is 0. The number of amides is 4. The van der Waals surface area contributed by atoms with Gasteiger partial charge in [-0.15, -0.1) is 11.8 Å². The second kappa shape index (κ2) is 15.6. The van der Waals surface area contributed by atoms with Crippen LogP contribution in [0.3, 0.4) is 0 Å². The van der Waals surface area contributed by atoms with E-state index in [1.165, 1.54) is 16.8 Å². The Bertz CT molecular complexity index is 2000. The van der Waals surface area contributed by atoms with E-state index in [-0.39, 0.29) is 29.8 Å². The third kappa shape index (κ3) is 8.56. The first-order valence-electron chi connectivity index (χ1n) is 15.5. The number of carbonyl (C=O) groups excluding carboxylic acids is 4. The smallest absolute Gasteiger partial charge is 0.272 e. The maximum Gasteiger partial charge on any atom is 0.272 e. The number of nitrogens with zero attached hydrogens (tertiary/aromatic N) is 2. The van der Waals surface area contributed by atoms with Crippen molar-refractivity contribution in [3.63, 3.8) is 0 Å². The van der Waals surface area contributed by atoms with Gasteiger partial charge in [0.1, 0.15) is 16.8 Å². The van der Waals surface area contributed by atoms with Gasteiger partial charge in [-0.2, -0.15) is 10.1 Å². The van der Waals surface area contributed by atoms with E-state index in [0.717, 1.165) is 16.0 Å². The van der Waals surface area contributed by atoms with E-state index in [1.54, 1.807) is 66.7 Å². The molecule has 4 amide bonds. The third-order valence-electron chi connectivity index (χ3n) is 7.39. The van der Waals surface area contributed by atoms with Crippen molar-refractivity contribution in [2.45, 2.75) is 16.6 Å². The van der Waals surface area contributed by atoms with Crippen LogP contribution in [0, 0.1) is 0 Å². The molecule has 5 aromatic rings. The zero-order valence-corrected chi connectivity index (χ0v) is 27.0. The summed E-state index contributed by atoms with van der Waals surface area (Å²) in [5.41, 5.74) is 3.16. The molecular weight excluding hydrogens is 635 g/mol. The van der Waals surface area contributed by atoms with E-state index in [4.69, 9.17) is 0 Å². The predicted octanol–water partition coefficient (Wildman–Crippen LogP) is 6.80. The minimum absolute atomic E-state index is 0.0201. The molecule has 0 radical (unpaired) electrons. The molecule has 0 saturated heterocycles. The SMILES string of the molecule is O=C(Nc1ccc(SC(C(=O)NC2=NN(c3ccccc3)C(=O)C2)c2ccccc2)cc1)/C(=C/c1ccccc1)NC(=O)c1ccccc1. The van der Waals surface area contributed by atoms with Gasteiger partial charge >= 0.3 is 0 Å². The Morgan fingerprint density at radius 1 is 0.714 bits per heavy atom. The molecule has 5 aromatic carbocycles. The molecular formula is C39H31N5O4S. The van der Waals surface area contributed by atoms with Gasteiger partial charge in [0.15, 0.2) is 0 Å². The predicted molar refractivity (Wildman–Crippen MR) is 193 cm³/mol. The van der Waals surface area contributed by atoms with Crippen molar-refractivity contribution in [2.75, 3.05) is 10.3 Å². The Morgan fingerprint density at radius 3 is 1.96 bits per heavy atom. The van der Waals surface area contributed by atoms with Gasteiger partial charge in [-0.05, 0) is 65.7 Å². The summed E-state index contributed by atoms with van der Waals surface area (Å²) in [7, 11) is 0. The highest BCUT2D eigenvalue weighted by Crippen LogP contribution is 2.36. The van der Waals surface area contributed by atoms with Crippen molar-refractivity contribution in [1.29, 1.82) is 0 Å². The highest BCUT2D eigenvalue weighted by molar-refractivity contribution is 8.00. The Balaban J connectivity index is 1.16. The lowest BCUT2D eigenvalue weighted by molar-refractivity contribution is -0.119. The second-order valence-electron chi connectivity index (χ2n) is 10.9. The number of benzene rings is 5. The van der Waals surface area contributed by atoms with Crippen LogP contribution in [0.15, 0.2) is 161 Å². The summed E-state index contributed by atoms with van der Waals surface area (Å²) >= 11 is 1.33. The van der Waals surface area contributed by atoms with Gasteiger partial charge in [-0.25, -0.2) is 0 Å². The van der Waals surface area contributed by atoms with Crippen molar-refractivity contribution in [3.8, 4) is 0 Å². The van der Waals surface area contributed by atoms with Crippen LogP contribution >= 0.6 is 11.8 Å². The van der Waals surface area contributed by atoms with Crippen LogP contribution in [0.4, 0.5) is 11.4 Å². The fourth-order valence-electron chi connectivity index (χ4n) is 4.99. The maximum atomic E-state index is 13.6. The molecule has 0 saturated carbocycles. The lowest BCUT2D eigenvalue weighted by atomic mass is 10.1. The third-order valence-corrected chi connectivity index (χ3v) is 8.66. The molecule has 1 atom stereocenters. The van der Waals surface area contributed by atoms with Crippen LogP contribution in [0.5, 0.6) is 0 Å². The number of carbonyl (C=O) groups is 4. The number of nitrogens with one attached hydrogen (secondary N) is 3. The lowest BCUT2D eigenvalue weighted by Gasteiger charge is -2.17. The second-order valence-corrected chi connectivity index (χ2v) is 12.1. The van der Waals surface area contributed by atoms with Crippen molar-refractivity contribution < 1.29 is 19.2 Å². The molecule has 1 heterocycles. The van der Waals surface area contributed by atoms with Crippen LogP contribution in [0.25, 0.3) is 6.08 Å². The maximum absolute atomic E-state index is 13.6. The number of anilines is 2. The highest BCUT2D eigenvalue weighted by Gasteiger charge is 2.29. The fraction of sp³-hybridized carbons (Fsp3) is 0.0513. The molecule has 1 aliphatic heterocycles. The molecule has 6 rings (SSSR count). The molecule has 10 heteroatoms. The minimum atomic E-state index is -0.654. The summed E-state index contributed by atoms with van der Waals surface area (Å²) in [6.07, 6.45) is 1.60. The van der Waals surface area contributed by atoms with E-state index in [0.29, 0.717) is 16.9 Å². The van der Waals surface area contributed by atoms with Crippen molar-refractivity contribution >= 4 is 58.7 Å². The van der Waals surface area contributed by atoms with Gasteiger partial charge in [0.25, 0.3) is 17.7 Å². The summed E-state index contributed by atoms with van der Waals surface area (Å²) in [4.78, 5) is 53.4. The molecule has 0 fully saturated rings. The van der Waals surface area contributed by atoms with E-state index >= 15 is 0 Å². The first-order chi connectivity index (χ1) is 23.9. The van der Waals surface area contributed by atoms with Gasteiger partial charge in [0, 0.05) is 16.1 Å². The van der Waals surface area contributed by atoms with Crippen LogP contribution in [0.1, 0.15) is 33.2 Å². The zero-order valence-electron chi connectivity index (χ0n) is 26.2. The quantitative estimate of drug-likeness (QED) is 0.112. The molecule has 1 aliphatic rings. The van der Waals surface area contributed by atoms with Gasteiger partial charge in [-0.3, -0.25) is 19.2 Å². The molecule has 0 aliphatic carbocycles. The average molecular weight is 666 g/mol. The normalized spacial score (nSPS) is 13.3. The van der Waals surface area contributed by atoms with Gasteiger partial charge in [-0.1, -0.05) is 97.1 Å². The van der Waals surface area contributed by atoms with E-state index < -0.39 is 17.1 Å². The summed E-state index contributed by atoms with van der Waals surface area (Å²) in [6.45, 7) is 0. The molecule has 1 unspecified atom stereocenters. The molecule has 9 nitrogen and oxygen atoms in total. The van der Waals surface area contributed by atoms with Crippen molar-refractivity contribution in [3.05, 3.63) is 168 Å². The molecule has 49 heavy (non-hydrogen) atoms. The Hall–Kier alpha value is -6.26. The number of para-hydroxylation sites is 1. The number of hydrogen-bond donors (Lipinski definition) is 3. The minimum Gasteiger partial charge on any atom is -0.321 e. The number of rotatable bonds is 10. The molecule has 3 N–H and O–H groups in total. The zero-order chi connectivity index (χ0) is 34.0. The van der Waals surface area contributed by atoms with Crippen molar-refractivity contribution in [2.24, 2.45) is 5.10 Å². The first kappa shape index (κ1) is 32.7. The fourth-order valence-corrected chi connectivity index (χ4v) is 6.01. The molecule has 0 bridgehead atoms. The highest BCUT2D eigenvalue weighted by atomic mass is 32.2. The Morgan fingerprint density at radius 2 is 1.31 bits per heavy atom. The van der Waals surface area contributed by atoms with Crippen molar-refractivity contribution in [1.82, 2.24) is 10.6 Å². The van der Waals surface area contributed by atoms with E-state index in [1.807, 2.05) is 84.9 Å². The van der Waals surface area contributed by atoms with E-state index in [2.05, 4.69) is 21.1 Å². The van der Waals surface area contributed by atoms with Gasteiger partial charge < -0.3 is 16.0 Å². The number of hydrogen-bond acceptors (Lipinski definition) is 6. The molecule has 0 spiro atoms. The summed E-state index contributed by atoms with van der Waals surface area (Å²) in [5, 5.41) is 13.5. The largest absolute Gasteiger partial charge is 0.321 e. The Labute approximate surface area is 287 Å². The van der Waals surface area contributed by atoms with Gasteiger partial charge in [0.2, 0.25) is 5.91 Å². The van der Waals surface area contributed by atoms with Crippen LogP contribution in [-0.4, -0.2) is 29.5 Å². The molecule has 242 valence electrons. The number of amidine groups is 1. The number of thioether (sulfide) groups is 1. The summed E-state index contributed by atoms with van der Waals surface area (Å²) in [6, 6.07) is 43.4. The lowest BCUT2D eigenvalue weighted by Crippen LogP contribution is -2.33. The Kier molecular flexibility index (Phi) is 10.4. The van der Waals surface area contributed by atoms with Gasteiger partial charge in [0.05, 0.1) is 12.1 Å². The van der Waals surface area contributed by atoms with Crippen LogP contribution < -0.4 is 21.0 Å². The number of hydrazone groups is 1. The summed E-state index contributed by atoms with van der Waals surface area (Å²) in [5.74, 6) is -1.18. The standard InChI is InChI=1S/C39H31N5O4S/c45-35-26-34(43-44(35)31-19-11-4-12-20-31)42-39(48)36(28-15-7-2-8-16-28)49-32-23-21-30(22-24-32)40-38(47)33(25-27-13-5-1-6-14-27)41-37(46)29-17-9-3-10-18-29/h1-25,36H,26H2,(H,40,47)(H,41,46)(H,42,43,48)/b33-25-. The monoisotopic (exact) mass is 665 g/mol. The average Bonchev–Trinajstić information content (AvgIpc) is 3.51.